The number of hydrogen-bond acceptors (Lipinski definition) is 3. The highest BCUT2D eigenvalue weighted by Gasteiger charge is 2.04. The average molecular weight is 295 g/mol. The van der Waals surface area contributed by atoms with E-state index in [0.717, 1.165) is 11.5 Å². The zero-order valence-corrected chi connectivity index (χ0v) is 11.7. The SMILES string of the molecule is Cc1cc(NCc2nncn2C)cc(C)c1Br. The van der Waals surface area contributed by atoms with Crippen molar-refractivity contribution in [3.8, 4) is 0 Å². The first kappa shape index (κ1) is 12.1. The third-order valence-corrected chi connectivity index (χ3v) is 3.94. The molecular formula is C12H15BrN4. The first-order chi connectivity index (χ1) is 8.08. The van der Waals surface area contributed by atoms with Crippen LogP contribution in [0, 0.1) is 13.8 Å². The van der Waals surface area contributed by atoms with Gasteiger partial charge in [-0.2, -0.15) is 0 Å². The molecule has 0 unspecified atom stereocenters. The molecule has 0 amide bonds. The van der Waals surface area contributed by atoms with Gasteiger partial charge >= 0.3 is 0 Å². The van der Waals surface area contributed by atoms with Gasteiger partial charge in [-0.1, -0.05) is 15.9 Å². The Bertz CT molecular complexity index is 510. The van der Waals surface area contributed by atoms with E-state index in [1.807, 2.05) is 11.6 Å². The Hall–Kier alpha value is -1.36. The molecule has 0 saturated carbocycles. The van der Waals surface area contributed by atoms with Gasteiger partial charge in [-0.25, -0.2) is 0 Å². The molecule has 17 heavy (non-hydrogen) atoms. The van der Waals surface area contributed by atoms with Crippen molar-refractivity contribution >= 4 is 21.6 Å². The minimum Gasteiger partial charge on any atom is -0.378 e. The highest BCUT2D eigenvalue weighted by atomic mass is 79.9. The molecule has 1 aromatic carbocycles. The lowest BCUT2D eigenvalue weighted by molar-refractivity contribution is 0.812. The fourth-order valence-electron chi connectivity index (χ4n) is 1.70. The van der Waals surface area contributed by atoms with Crippen LogP contribution in [0.4, 0.5) is 5.69 Å². The first-order valence-electron chi connectivity index (χ1n) is 5.41. The number of anilines is 1. The molecule has 2 aromatic rings. The lowest BCUT2D eigenvalue weighted by Gasteiger charge is -2.10. The lowest BCUT2D eigenvalue weighted by atomic mass is 10.1. The van der Waals surface area contributed by atoms with Gasteiger partial charge in [0.05, 0.1) is 6.54 Å². The summed E-state index contributed by atoms with van der Waals surface area (Å²) in [5, 5.41) is 11.2. The Balaban J connectivity index is 2.12. The lowest BCUT2D eigenvalue weighted by Crippen LogP contribution is -2.06. The van der Waals surface area contributed by atoms with E-state index in [4.69, 9.17) is 0 Å². The molecule has 0 saturated heterocycles. The largest absolute Gasteiger partial charge is 0.378 e. The predicted molar refractivity (Wildman–Crippen MR) is 71.9 cm³/mol. The smallest absolute Gasteiger partial charge is 0.151 e. The second kappa shape index (κ2) is 4.87. The Morgan fingerprint density at radius 3 is 2.47 bits per heavy atom. The van der Waals surface area contributed by atoms with E-state index >= 15 is 0 Å². The molecule has 0 aliphatic rings. The topological polar surface area (TPSA) is 42.7 Å². The summed E-state index contributed by atoms with van der Waals surface area (Å²) in [6.45, 7) is 4.85. The van der Waals surface area contributed by atoms with Crippen molar-refractivity contribution in [2.75, 3.05) is 5.32 Å². The summed E-state index contributed by atoms with van der Waals surface area (Å²) in [4.78, 5) is 0. The Kier molecular flexibility index (Phi) is 3.47. The van der Waals surface area contributed by atoms with Gasteiger partial charge in [0.1, 0.15) is 6.33 Å². The van der Waals surface area contributed by atoms with Crippen LogP contribution in [0.2, 0.25) is 0 Å². The van der Waals surface area contributed by atoms with E-state index in [2.05, 4.69) is 57.4 Å². The number of nitrogens with one attached hydrogen (secondary N) is 1. The summed E-state index contributed by atoms with van der Waals surface area (Å²) in [5.74, 6) is 0.920. The van der Waals surface area contributed by atoms with Gasteiger partial charge in [-0.3, -0.25) is 0 Å². The van der Waals surface area contributed by atoms with Gasteiger partial charge in [0.25, 0.3) is 0 Å². The normalized spacial score (nSPS) is 10.6. The van der Waals surface area contributed by atoms with Crippen LogP contribution in [0.25, 0.3) is 0 Å². The van der Waals surface area contributed by atoms with Gasteiger partial charge in [0.15, 0.2) is 5.82 Å². The van der Waals surface area contributed by atoms with Gasteiger partial charge < -0.3 is 9.88 Å². The second-order valence-electron chi connectivity index (χ2n) is 4.14. The molecule has 1 aromatic heterocycles. The second-order valence-corrected chi connectivity index (χ2v) is 4.93. The van der Waals surface area contributed by atoms with Crippen LogP contribution in [0.1, 0.15) is 17.0 Å². The standard InChI is InChI=1S/C12H15BrN4/c1-8-4-10(5-9(2)12(8)13)14-6-11-16-15-7-17(11)3/h4-5,7,14H,6H2,1-3H3. The van der Waals surface area contributed by atoms with Crippen LogP contribution in [0.3, 0.4) is 0 Å². The molecule has 0 spiro atoms. The van der Waals surface area contributed by atoms with Crippen molar-refractivity contribution in [1.82, 2.24) is 14.8 Å². The summed E-state index contributed by atoms with van der Waals surface area (Å²) in [6.07, 6.45) is 1.70. The van der Waals surface area contributed by atoms with Crippen molar-refractivity contribution in [3.05, 3.63) is 39.9 Å². The predicted octanol–water partition coefficient (Wildman–Crippen LogP) is 2.81. The molecule has 0 radical (unpaired) electrons. The van der Waals surface area contributed by atoms with Crippen molar-refractivity contribution in [1.29, 1.82) is 0 Å². The first-order valence-corrected chi connectivity index (χ1v) is 6.20. The van der Waals surface area contributed by atoms with Crippen LogP contribution >= 0.6 is 15.9 Å². The van der Waals surface area contributed by atoms with Crippen molar-refractivity contribution in [2.45, 2.75) is 20.4 Å². The number of rotatable bonds is 3. The fourth-order valence-corrected chi connectivity index (χ4v) is 1.93. The summed E-state index contributed by atoms with van der Waals surface area (Å²) < 4.78 is 3.08. The van der Waals surface area contributed by atoms with Crippen LogP contribution in [0.15, 0.2) is 22.9 Å². The van der Waals surface area contributed by atoms with Crippen LogP contribution < -0.4 is 5.32 Å². The molecule has 90 valence electrons. The molecule has 0 aliphatic carbocycles. The Morgan fingerprint density at radius 1 is 1.29 bits per heavy atom. The Labute approximate surface area is 109 Å². The third kappa shape index (κ3) is 2.66. The maximum atomic E-state index is 4.03. The Morgan fingerprint density at radius 2 is 1.94 bits per heavy atom. The number of aryl methyl sites for hydroxylation is 3. The maximum absolute atomic E-state index is 4.03. The van der Waals surface area contributed by atoms with E-state index in [1.165, 1.54) is 15.6 Å². The van der Waals surface area contributed by atoms with Crippen molar-refractivity contribution in [3.63, 3.8) is 0 Å². The number of halogens is 1. The fraction of sp³-hybridized carbons (Fsp3) is 0.333. The summed E-state index contributed by atoms with van der Waals surface area (Å²) in [7, 11) is 1.94. The average Bonchev–Trinajstić information content (AvgIpc) is 2.69. The van der Waals surface area contributed by atoms with E-state index in [-0.39, 0.29) is 0 Å². The van der Waals surface area contributed by atoms with E-state index in [0.29, 0.717) is 6.54 Å². The molecule has 0 aliphatic heterocycles. The zero-order chi connectivity index (χ0) is 12.4. The molecule has 1 N–H and O–H groups in total. The van der Waals surface area contributed by atoms with Crippen LogP contribution in [0.5, 0.6) is 0 Å². The van der Waals surface area contributed by atoms with E-state index < -0.39 is 0 Å². The number of nitrogens with zero attached hydrogens (tertiary/aromatic N) is 3. The van der Waals surface area contributed by atoms with E-state index in [9.17, 15) is 0 Å². The minimum atomic E-state index is 0.678. The molecule has 2 rings (SSSR count). The monoisotopic (exact) mass is 294 g/mol. The molecule has 0 atom stereocenters. The van der Waals surface area contributed by atoms with Gasteiger partial charge in [0, 0.05) is 17.2 Å². The minimum absolute atomic E-state index is 0.678. The number of hydrogen-bond donors (Lipinski definition) is 1. The molecule has 4 nitrogen and oxygen atoms in total. The molecular weight excluding hydrogens is 280 g/mol. The van der Waals surface area contributed by atoms with Gasteiger partial charge in [-0.05, 0) is 37.1 Å². The zero-order valence-electron chi connectivity index (χ0n) is 10.2. The summed E-state index contributed by atoms with van der Waals surface area (Å²) >= 11 is 3.56. The van der Waals surface area contributed by atoms with Gasteiger partial charge in [0.2, 0.25) is 0 Å². The quantitative estimate of drug-likeness (QED) is 0.947. The highest BCUT2D eigenvalue weighted by molar-refractivity contribution is 9.10. The number of aromatic nitrogens is 3. The molecule has 0 fully saturated rings. The third-order valence-electron chi connectivity index (χ3n) is 2.69. The summed E-state index contributed by atoms with van der Waals surface area (Å²) in [5.41, 5.74) is 3.56. The van der Waals surface area contributed by atoms with E-state index in [1.54, 1.807) is 6.33 Å². The molecule has 1 heterocycles. The maximum Gasteiger partial charge on any atom is 0.151 e. The van der Waals surface area contributed by atoms with Crippen molar-refractivity contribution in [2.24, 2.45) is 7.05 Å². The highest BCUT2D eigenvalue weighted by Crippen LogP contribution is 2.25. The summed E-state index contributed by atoms with van der Waals surface area (Å²) in [6, 6.07) is 4.24. The van der Waals surface area contributed by atoms with Gasteiger partial charge in [-0.15, -0.1) is 10.2 Å². The van der Waals surface area contributed by atoms with Crippen LogP contribution in [-0.4, -0.2) is 14.8 Å². The van der Waals surface area contributed by atoms with Crippen LogP contribution in [-0.2, 0) is 13.6 Å². The van der Waals surface area contributed by atoms with Crippen molar-refractivity contribution < 1.29 is 0 Å². The molecule has 5 heteroatoms. The molecule has 0 bridgehead atoms. The number of benzene rings is 1.